The summed E-state index contributed by atoms with van der Waals surface area (Å²) in [5.41, 5.74) is -1.36. The van der Waals surface area contributed by atoms with E-state index in [9.17, 15) is 9.59 Å². The molecule has 0 spiro atoms. The summed E-state index contributed by atoms with van der Waals surface area (Å²) in [7, 11) is 2.51. The van der Waals surface area contributed by atoms with Crippen LogP contribution in [0.15, 0.2) is 12.2 Å². The molecule has 0 saturated heterocycles. The van der Waals surface area contributed by atoms with Gasteiger partial charge in [-0.3, -0.25) is 9.59 Å². The lowest BCUT2D eigenvalue weighted by molar-refractivity contribution is -0.168. The fraction of sp³-hybridized carbons (Fsp3) is 0.571. The zero-order chi connectivity index (χ0) is 14.0. The topological polar surface area (TPSA) is 52.6 Å². The molecule has 0 radical (unpaired) electrons. The molecule has 0 N–H and O–H groups in total. The van der Waals surface area contributed by atoms with Crippen molar-refractivity contribution in [2.75, 3.05) is 14.2 Å². The Bertz CT molecular complexity index is 355. The highest BCUT2D eigenvalue weighted by atomic mass is 16.5. The fourth-order valence-electron chi connectivity index (χ4n) is 1.51. The molecule has 0 aliphatic rings. The van der Waals surface area contributed by atoms with Crippen LogP contribution in [0.4, 0.5) is 0 Å². The molecule has 0 aliphatic heterocycles. The van der Waals surface area contributed by atoms with Gasteiger partial charge in [-0.25, -0.2) is 0 Å². The molecule has 0 aromatic heterocycles. The molecule has 0 unspecified atom stereocenters. The maximum absolute atomic E-state index is 11.9. The Hall–Kier alpha value is -1.76. The number of allylic oxidation sites excluding steroid dienone is 2. The monoisotopic (exact) mass is 252 g/mol. The summed E-state index contributed by atoms with van der Waals surface area (Å²) in [5, 5.41) is 0. The second-order valence-electron chi connectivity index (χ2n) is 3.72. The van der Waals surface area contributed by atoms with E-state index in [0.29, 0.717) is 6.42 Å². The molecular weight excluding hydrogens is 232 g/mol. The number of methoxy groups -OCH3 is 2. The number of hydrogen-bond acceptors (Lipinski definition) is 4. The lowest BCUT2D eigenvalue weighted by Gasteiger charge is -2.24. The Balaban J connectivity index is 5.38. The molecule has 0 bridgehead atoms. The Morgan fingerprint density at radius 1 is 1.17 bits per heavy atom. The van der Waals surface area contributed by atoms with Gasteiger partial charge in [0.1, 0.15) is 0 Å². The first-order valence-corrected chi connectivity index (χ1v) is 5.82. The first-order chi connectivity index (χ1) is 8.58. The number of rotatable bonds is 5. The summed E-state index contributed by atoms with van der Waals surface area (Å²) < 4.78 is 9.45. The summed E-state index contributed by atoms with van der Waals surface area (Å²) in [4.78, 5) is 23.8. The van der Waals surface area contributed by atoms with Crippen molar-refractivity contribution in [1.82, 2.24) is 0 Å². The van der Waals surface area contributed by atoms with Crippen LogP contribution in [0.1, 0.15) is 33.1 Å². The number of esters is 2. The van der Waals surface area contributed by atoms with E-state index >= 15 is 0 Å². The summed E-state index contributed by atoms with van der Waals surface area (Å²) in [6, 6.07) is 0. The van der Waals surface area contributed by atoms with Gasteiger partial charge < -0.3 is 9.47 Å². The van der Waals surface area contributed by atoms with Crippen molar-refractivity contribution in [3.63, 3.8) is 0 Å². The average Bonchev–Trinajstić information content (AvgIpc) is 2.41. The molecule has 0 fully saturated rings. The van der Waals surface area contributed by atoms with Crippen LogP contribution in [0.5, 0.6) is 0 Å². The molecule has 4 heteroatoms. The molecule has 0 heterocycles. The molecule has 0 rings (SSSR count). The third-order valence-electron chi connectivity index (χ3n) is 2.55. The van der Waals surface area contributed by atoms with Crippen LogP contribution in [-0.4, -0.2) is 26.2 Å². The number of hydrogen-bond donors (Lipinski definition) is 0. The first-order valence-electron chi connectivity index (χ1n) is 5.82. The average molecular weight is 252 g/mol. The Labute approximate surface area is 108 Å². The molecule has 0 atom stereocenters. The van der Waals surface area contributed by atoms with Crippen LogP contribution in [-0.2, 0) is 19.1 Å². The van der Waals surface area contributed by atoms with Gasteiger partial charge in [-0.15, -0.1) is 11.8 Å². The Kier molecular flexibility index (Phi) is 7.53. The van der Waals surface area contributed by atoms with Crippen molar-refractivity contribution in [2.24, 2.45) is 5.41 Å². The highest BCUT2D eigenvalue weighted by Crippen LogP contribution is 2.30. The van der Waals surface area contributed by atoms with Gasteiger partial charge in [0, 0.05) is 12.8 Å². The quantitative estimate of drug-likeness (QED) is 0.325. The predicted molar refractivity (Wildman–Crippen MR) is 68.6 cm³/mol. The molecule has 0 saturated carbocycles. The van der Waals surface area contributed by atoms with Gasteiger partial charge in [0.25, 0.3) is 0 Å². The Morgan fingerprint density at radius 2 is 1.72 bits per heavy atom. The Morgan fingerprint density at radius 3 is 2.11 bits per heavy atom. The largest absolute Gasteiger partial charge is 0.468 e. The van der Waals surface area contributed by atoms with E-state index in [-0.39, 0.29) is 12.8 Å². The van der Waals surface area contributed by atoms with E-state index in [1.165, 1.54) is 14.2 Å². The van der Waals surface area contributed by atoms with Gasteiger partial charge in [-0.2, -0.15) is 0 Å². The van der Waals surface area contributed by atoms with Crippen molar-refractivity contribution in [3.05, 3.63) is 12.2 Å². The molecule has 0 amide bonds. The van der Waals surface area contributed by atoms with Crippen molar-refractivity contribution in [2.45, 2.75) is 33.1 Å². The van der Waals surface area contributed by atoms with E-state index in [0.717, 1.165) is 0 Å². The maximum Gasteiger partial charge on any atom is 0.324 e. The van der Waals surface area contributed by atoms with Gasteiger partial charge >= 0.3 is 11.9 Å². The minimum absolute atomic E-state index is 0.102. The normalized spacial score (nSPS) is 10.7. The van der Waals surface area contributed by atoms with Gasteiger partial charge in [0.2, 0.25) is 0 Å². The number of ether oxygens (including phenoxy) is 2. The van der Waals surface area contributed by atoms with E-state index in [2.05, 4.69) is 11.8 Å². The van der Waals surface area contributed by atoms with Crippen LogP contribution >= 0.6 is 0 Å². The first kappa shape index (κ1) is 16.2. The van der Waals surface area contributed by atoms with Crippen molar-refractivity contribution >= 4 is 11.9 Å². The van der Waals surface area contributed by atoms with E-state index < -0.39 is 17.4 Å². The van der Waals surface area contributed by atoms with Crippen molar-refractivity contribution in [1.29, 1.82) is 0 Å². The molecule has 100 valence electrons. The van der Waals surface area contributed by atoms with E-state index in [1.54, 1.807) is 12.2 Å². The van der Waals surface area contributed by atoms with E-state index in [4.69, 9.17) is 9.47 Å². The van der Waals surface area contributed by atoms with Gasteiger partial charge in [-0.05, 0) is 13.3 Å². The SMILES string of the molecule is C/C=C/CC(CC#CCC)(C(=O)OC)C(=O)OC. The third-order valence-corrected chi connectivity index (χ3v) is 2.55. The van der Waals surface area contributed by atoms with Crippen LogP contribution < -0.4 is 0 Å². The standard InChI is InChI=1S/C14H20O4/c1-5-7-9-11-14(10-8-6-2,12(15)17-3)13(16)18-4/h6,8H,5,10-11H2,1-4H3/b8-6+. The zero-order valence-electron chi connectivity index (χ0n) is 11.4. The minimum Gasteiger partial charge on any atom is -0.468 e. The molecule has 0 aliphatic carbocycles. The molecule has 4 nitrogen and oxygen atoms in total. The van der Waals surface area contributed by atoms with Crippen molar-refractivity contribution < 1.29 is 19.1 Å². The second kappa shape index (κ2) is 8.35. The van der Waals surface area contributed by atoms with Gasteiger partial charge in [0.15, 0.2) is 5.41 Å². The summed E-state index contributed by atoms with van der Waals surface area (Å²) in [6.45, 7) is 3.72. The lowest BCUT2D eigenvalue weighted by Crippen LogP contribution is -2.40. The zero-order valence-corrected chi connectivity index (χ0v) is 11.4. The third kappa shape index (κ3) is 3.92. The van der Waals surface area contributed by atoms with Crippen LogP contribution in [0, 0.1) is 17.3 Å². The number of carbonyl (C=O) groups excluding carboxylic acids is 2. The highest BCUT2D eigenvalue weighted by Gasteiger charge is 2.46. The summed E-state index contributed by atoms with van der Waals surface area (Å²) in [6.07, 6.45) is 4.50. The lowest BCUT2D eigenvalue weighted by atomic mass is 9.81. The fourth-order valence-corrected chi connectivity index (χ4v) is 1.51. The van der Waals surface area contributed by atoms with Gasteiger partial charge in [0.05, 0.1) is 14.2 Å². The predicted octanol–water partition coefficient (Wildman–Crippen LogP) is 2.09. The maximum atomic E-state index is 11.9. The minimum atomic E-state index is -1.36. The second-order valence-corrected chi connectivity index (χ2v) is 3.72. The molecule has 18 heavy (non-hydrogen) atoms. The summed E-state index contributed by atoms with van der Waals surface area (Å²) >= 11 is 0. The number of carbonyl (C=O) groups is 2. The van der Waals surface area contributed by atoms with Crippen molar-refractivity contribution in [3.8, 4) is 11.8 Å². The summed E-state index contributed by atoms with van der Waals surface area (Å²) in [5.74, 6) is 4.45. The van der Waals surface area contributed by atoms with Crippen LogP contribution in [0.2, 0.25) is 0 Å². The van der Waals surface area contributed by atoms with E-state index in [1.807, 2.05) is 13.8 Å². The van der Waals surface area contributed by atoms with Crippen LogP contribution in [0.25, 0.3) is 0 Å². The highest BCUT2D eigenvalue weighted by molar-refractivity contribution is 6.00. The molecule has 0 aromatic rings. The van der Waals surface area contributed by atoms with Crippen LogP contribution in [0.3, 0.4) is 0 Å². The molecule has 0 aromatic carbocycles. The molecular formula is C14H20O4. The smallest absolute Gasteiger partial charge is 0.324 e. The van der Waals surface area contributed by atoms with Gasteiger partial charge in [-0.1, -0.05) is 19.1 Å².